The molecule has 2 N–H and O–H groups in total. The number of hydrogen-bond acceptors (Lipinski definition) is 2. The van der Waals surface area contributed by atoms with Crippen LogP contribution < -0.4 is 5.73 Å². The molecule has 0 aliphatic rings. The van der Waals surface area contributed by atoms with E-state index < -0.39 is 11.9 Å². The van der Waals surface area contributed by atoms with E-state index in [4.69, 9.17) is 40.5 Å². The largest absolute Gasteiger partial charge is 0.320 e. The topological polar surface area (TPSA) is 26.0 Å². The van der Waals surface area contributed by atoms with Crippen molar-refractivity contribution in [2.24, 2.45) is 5.73 Å². The van der Waals surface area contributed by atoms with Crippen LogP contribution in [-0.2, 0) is 0 Å². The van der Waals surface area contributed by atoms with Gasteiger partial charge in [0, 0.05) is 16.1 Å². The van der Waals surface area contributed by atoms with Gasteiger partial charge in [-0.15, -0.1) is 11.3 Å². The van der Waals surface area contributed by atoms with Gasteiger partial charge in [0.2, 0.25) is 0 Å². The molecule has 90 valence electrons. The van der Waals surface area contributed by atoms with Gasteiger partial charge >= 0.3 is 0 Å². The Morgan fingerprint density at radius 1 is 1.24 bits per heavy atom. The summed E-state index contributed by atoms with van der Waals surface area (Å²) in [4.78, 5) is 0. The summed E-state index contributed by atoms with van der Waals surface area (Å²) >= 11 is 18.9. The first-order valence-electron chi connectivity index (χ1n) is 4.65. The molecular formula is C11H7Cl3FNS. The highest BCUT2D eigenvalue weighted by molar-refractivity contribution is 7.20. The first kappa shape index (κ1) is 13.1. The van der Waals surface area contributed by atoms with E-state index in [-0.39, 0.29) is 10.6 Å². The smallest absolute Gasteiger partial charge is 0.129 e. The molecule has 0 aliphatic carbocycles. The Morgan fingerprint density at radius 3 is 2.47 bits per heavy atom. The summed E-state index contributed by atoms with van der Waals surface area (Å²) in [6.07, 6.45) is 0. The van der Waals surface area contributed by atoms with Gasteiger partial charge in [-0.25, -0.2) is 4.39 Å². The van der Waals surface area contributed by atoms with Gasteiger partial charge in [-0.3, -0.25) is 0 Å². The lowest BCUT2D eigenvalue weighted by Crippen LogP contribution is -2.13. The highest BCUT2D eigenvalue weighted by atomic mass is 35.5. The van der Waals surface area contributed by atoms with E-state index in [1.807, 2.05) is 0 Å². The number of rotatable bonds is 2. The highest BCUT2D eigenvalue weighted by Crippen LogP contribution is 2.38. The van der Waals surface area contributed by atoms with Gasteiger partial charge in [0.15, 0.2) is 0 Å². The zero-order valence-corrected chi connectivity index (χ0v) is 11.5. The van der Waals surface area contributed by atoms with Crippen LogP contribution in [0.5, 0.6) is 0 Å². The van der Waals surface area contributed by atoms with Gasteiger partial charge in [-0.2, -0.15) is 0 Å². The summed E-state index contributed by atoms with van der Waals surface area (Å²) in [5, 5.41) is 0.274. The van der Waals surface area contributed by atoms with E-state index >= 15 is 0 Å². The second-order valence-corrected chi connectivity index (χ2v) is 6.09. The zero-order chi connectivity index (χ0) is 12.6. The second-order valence-electron chi connectivity index (χ2n) is 3.39. The third kappa shape index (κ3) is 2.59. The molecule has 6 heteroatoms. The Kier molecular flexibility index (Phi) is 3.95. The molecule has 0 saturated heterocycles. The van der Waals surface area contributed by atoms with Gasteiger partial charge < -0.3 is 5.73 Å². The Labute approximate surface area is 117 Å². The van der Waals surface area contributed by atoms with Crippen molar-refractivity contribution in [1.29, 1.82) is 0 Å². The Bertz CT molecular complexity index is 535. The van der Waals surface area contributed by atoms with Crippen LogP contribution in [0.1, 0.15) is 17.2 Å². The number of hydrogen-bond donors (Lipinski definition) is 1. The van der Waals surface area contributed by atoms with Crippen molar-refractivity contribution in [2.45, 2.75) is 6.04 Å². The Hall–Kier alpha value is -0.320. The van der Waals surface area contributed by atoms with E-state index in [1.165, 1.54) is 23.5 Å². The van der Waals surface area contributed by atoms with Gasteiger partial charge in [-0.1, -0.05) is 40.9 Å². The predicted molar refractivity (Wildman–Crippen MR) is 71.8 cm³/mol. The molecule has 1 aromatic carbocycles. The molecule has 1 heterocycles. The lowest BCUT2D eigenvalue weighted by molar-refractivity contribution is 0.600. The van der Waals surface area contributed by atoms with E-state index in [0.29, 0.717) is 14.2 Å². The standard InChI is InChI=1S/C11H7Cl3FNS/c12-6-2-1-3-7(15)9(6)10(16)5-4-8(13)17-11(5)14/h1-4,10H,16H2. The molecule has 0 spiro atoms. The molecule has 2 rings (SSSR count). The molecule has 0 amide bonds. The summed E-state index contributed by atoms with van der Waals surface area (Å²) in [7, 11) is 0. The Balaban J connectivity index is 2.51. The molecule has 0 saturated carbocycles. The minimum absolute atomic E-state index is 0.227. The maximum atomic E-state index is 13.7. The molecule has 17 heavy (non-hydrogen) atoms. The molecule has 1 atom stereocenters. The van der Waals surface area contributed by atoms with Crippen LogP contribution in [0.25, 0.3) is 0 Å². The van der Waals surface area contributed by atoms with Gasteiger partial charge in [-0.05, 0) is 18.2 Å². The van der Waals surface area contributed by atoms with Crippen molar-refractivity contribution in [3.63, 3.8) is 0 Å². The second kappa shape index (κ2) is 5.12. The first-order valence-corrected chi connectivity index (χ1v) is 6.60. The van der Waals surface area contributed by atoms with E-state index in [0.717, 1.165) is 0 Å². The molecule has 2 aromatic rings. The number of benzene rings is 1. The summed E-state index contributed by atoms with van der Waals surface area (Å²) in [6, 6.07) is 5.32. The SMILES string of the molecule is NC(c1cc(Cl)sc1Cl)c1c(F)cccc1Cl. The Morgan fingerprint density at radius 2 is 1.94 bits per heavy atom. The highest BCUT2D eigenvalue weighted by Gasteiger charge is 2.21. The van der Waals surface area contributed by atoms with Crippen molar-refractivity contribution in [3.05, 3.63) is 54.9 Å². The van der Waals surface area contributed by atoms with Crippen LogP contribution in [0.3, 0.4) is 0 Å². The minimum Gasteiger partial charge on any atom is -0.320 e. The zero-order valence-electron chi connectivity index (χ0n) is 8.38. The fourth-order valence-electron chi connectivity index (χ4n) is 1.53. The van der Waals surface area contributed by atoms with E-state index in [2.05, 4.69) is 0 Å². The van der Waals surface area contributed by atoms with Crippen molar-refractivity contribution in [3.8, 4) is 0 Å². The van der Waals surface area contributed by atoms with E-state index in [9.17, 15) is 4.39 Å². The molecule has 0 fully saturated rings. The summed E-state index contributed by atoms with van der Waals surface area (Å²) in [5.74, 6) is -0.455. The third-order valence-corrected chi connectivity index (χ3v) is 4.18. The predicted octanol–water partition coefficient (Wildman–Crippen LogP) is 4.90. The quantitative estimate of drug-likeness (QED) is 0.839. The minimum atomic E-state index is -0.722. The average Bonchev–Trinajstić information content (AvgIpc) is 2.57. The fourth-order valence-corrected chi connectivity index (χ4v) is 3.36. The van der Waals surface area contributed by atoms with Crippen LogP contribution in [0.15, 0.2) is 24.3 Å². The van der Waals surface area contributed by atoms with Crippen LogP contribution in [0.4, 0.5) is 4.39 Å². The number of halogens is 4. The van der Waals surface area contributed by atoms with Crippen LogP contribution in [0, 0.1) is 5.82 Å². The fraction of sp³-hybridized carbons (Fsp3) is 0.0909. The molecule has 1 nitrogen and oxygen atoms in total. The lowest BCUT2D eigenvalue weighted by Gasteiger charge is -2.13. The van der Waals surface area contributed by atoms with Gasteiger partial charge in [0.25, 0.3) is 0 Å². The van der Waals surface area contributed by atoms with Crippen molar-refractivity contribution < 1.29 is 4.39 Å². The normalized spacial score (nSPS) is 12.8. The summed E-state index contributed by atoms with van der Waals surface area (Å²) in [6.45, 7) is 0. The maximum absolute atomic E-state index is 13.7. The maximum Gasteiger partial charge on any atom is 0.129 e. The third-order valence-electron chi connectivity index (χ3n) is 2.33. The molecule has 0 aliphatic heterocycles. The first-order chi connectivity index (χ1) is 8.00. The van der Waals surface area contributed by atoms with Crippen LogP contribution in [-0.4, -0.2) is 0 Å². The molecule has 0 radical (unpaired) electrons. The van der Waals surface area contributed by atoms with Crippen molar-refractivity contribution >= 4 is 46.1 Å². The summed E-state index contributed by atoms with van der Waals surface area (Å²) < 4.78 is 14.6. The molecule has 0 bridgehead atoms. The van der Waals surface area contributed by atoms with Gasteiger partial charge in [0.1, 0.15) is 5.82 Å². The molecule has 1 unspecified atom stereocenters. The van der Waals surface area contributed by atoms with Crippen LogP contribution >= 0.6 is 46.1 Å². The van der Waals surface area contributed by atoms with Gasteiger partial charge in [0.05, 0.1) is 14.7 Å². The molecule has 1 aromatic heterocycles. The van der Waals surface area contributed by atoms with Crippen LogP contribution in [0.2, 0.25) is 13.7 Å². The van der Waals surface area contributed by atoms with E-state index in [1.54, 1.807) is 12.1 Å². The monoisotopic (exact) mass is 309 g/mol. The number of nitrogens with two attached hydrogens (primary N) is 1. The van der Waals surface area contributed by atoms with Crippen molar-refractivity contribution in [2.75, 3.05) is 0 Å². The number of thiophene rings is 1. The molecular weight excluding hydrogens is 304 g/mol. The lowest BCUT2D eigenvalue weighted by atomic mass is 10.0. The van der Waals surface area contributed by atoms with Crippen molar-refractivity contribution in [1.82, 2.24) is 0 Å². The average molecular weight is 311 g/mol. The summed E-state index contributed by atoms with van der Waals surface area (Å²) in [5.41, 5.74) is 6.78.